The first-order valence-electron chi connectivity index (χ1n) is 7.88. The fourth-order valence-electron chi connectivity index (χ4n) is 2.12. The highest BCUT2D eigenvalue weighted by atomic mass is 16.6. The largest absolute Gasteiger partial charge is 0.493 e. The second kappa shape index (κ2) is 10.0. The van der Waals surface area contributed by atoms with Crippen LogP contribution < -0.4 is 9.47 Å². The van der Waals surface area contributed by atoms with Crippen molar-refractivity contribution in [2.45, 2.75) is 26.2 Å². The van der Waals surface area contributed by atoms with Crippen LogP contribution in [0.25, 0.3) is 6.08 Å². The van der Waals surface area contributed by atoms with E-state index in [0.29, 0.717) is 6.61 Å². The Morgan fingerprint density at radius 2 is 1.92 bits per heavy atom. The maximum atomic E-state index is 11.6. The van der Waals surface area contributed by atoms with Gasteiger partial charge in [-0.25, -0.2) is 9.59 Å². The molecule has 0 aliphatic heterocycles. The van der Waals surface area contributed by atoms with E-state index < -0.39 is 28.1 Å². The smallest absolute Gasteiger partial charge is 0.345 e. The van der Waals surface area contributed by atoms with Crippen molar-refractivity contribution in [1.29, 1.82) is 0 Å². The van der Waals surface area contributed by atoms with E-state index in [-0.39, 0.29) is 17.1 Å². The van der Waals surface area contributed by atoms with Gasteiger partial charge in [0.15, 0.2) is 11.5 Å². The second-order valence-corrected chi connectivity index (χ2v) is 5.23. The van der Waals surface area contributed by atoms with Gasteiger partial charge in [0.2, 0.25) is 0 Å². The molecule has 0 spiro atoms. The molecule has 0 atom stereocenters. The normalized spacial score (nSPS) is 11.0. The number of hydrogen-bond acceptors (Lipinski definition) is 7. The average molecular weight is 367 g/mol. The lowest BCUT2D eigenvalue weighted by atomic mass is 10.1. The third-order valence-electron chi connectivity index (χ3n) is 3.45. The first-order valence-corrected chi connectivity index (χ1v) is 7.88. The van der Waals surface area contributed by atoms with Crippen molar-refractivity contribution < 1.29 is 33.8 Å². The molecule has 0 saturated heterocycles. The summed E-state index contributed by atoms with van der Waals surface area (Å²) in [4.78, 5) is 33.4. The lowest BCUT2D eigenvalue weighted by molar-refractivity contribution is -0.385. The quantitative estimate of drug-likeness (QED) is 0.127. The van der Waals surface area contributed by atoms with Crippen LogP contribution in [0.15, 0.2) is 17.7 Å². The number of aliphatic carboxylic acids is 1. The third kappa shape index (κ3) is 5.47. The SMILES string of the molecule is CCCCCOc1cc(C=C(C(=O)O)C(=O)OC)c([N+](=O)[O-])cc1OC. The van der Waals surface area contributed by atoms with E-state index >= 15 is 0 Å². The zero-order valence-corrected chi connectivity index (χ0v) is 14.8. The first kappa shape index (κ1) is 20.9. The molecule has 0 unspecified atom stereocenters. The van der Waals surface area contributed by atoms with Crippen molar-refractivity contribution in [3.63, 3.8) is 0 Å². The standard InChI is InChI=1S/C17H21NO8/c1-4-5-6-7-26-15-9-11(8-12(16(19)20)17(21)25-3)13(18(22)23)10-14(15)24-2/h8-10H,4-7H2,1-3H3,(H,19,20). The van der Waals surface area contributed by atoms with Crippen LogP contribution in [-0.2, 0) is 14.3 Å². The topological polar surface area (TPSA) is 125 Å². The Bertz CT molecular complexity index is 711. The number of carboxylic acids is 1. The number of unbranched alkanes of at least 4 members (excludes halogenated alkanes) is 2. The van der Waals surface area contributed by atoms with Gasteiger partial charge in [-0.1, -0.05) is 19.8 Å². The molecular formula is C17H21NO8. The van der Waals surface area contributed by atoms with Gasteiger partial charge in [-0.05, 0) is 18.6 Å². The van der Waals surface area contributed by atoms with Gasteiger partial charge in [-0.3, -0.25) is 10.1 Å². The van der Waals surface area contributed by atoms with Gasteiger partial charge >= 0.3 is 11.9 Å². The predicted octanol–water partition coefficient (Wildman–Crippen LogP) is 2.81. The van der Waals surface area contributed by atoms with Gasteiger partial charge < -0.3 is 19.3 Å². The maximum absolute atomic E-state index is 11.6. The Labute approximate surface area is 150 Å². The number of carbonyl (C=O) groups excluding carboxylic acids is 1. The van der Waals surface area contributed by atoms with Crippen LogP contribution in [0.4, 0.5) is 5.69 Å². The van der Waals surface area contributed by atoms with Gasteiger partial charge in [-0.2, -0.15) is 0 Å². The number of carbonyl (C=O) groups is 2. The zero-order chi connectivity index (χ0) is 19.7. The summed E-state index contributed by atoms with van der Waals surface area (Å²) in [5.41, 5.74) is -1.27. The zero-order valence-electron chi connectivity index (χ0n) is 14.8. The van der Waals surface area contributed by atoms with E-state index in [1.165, 1.54) is 13.2 Å². The van der Waals surface area contributed by atoms with Gasteiger partial charge in [0.1, 0.15) is 5.57 Å². The van der Waals surface area contributed by atoms with Crippen molar-refractivity contribution in [2.24, 2.45) is 0 Å². The van der Waals surface area contributed by atoms with Crippen LogP contribution in [0.2, 0.25) is 0 Å². The van der Waals surface area contributed by atoms with Crippen molar-refractivity contribution in [1.82, 2.24) is 0 Å². The maximum Gasteiger partial charge on any atom is 0.345 e. The van der Waals surface area contributed by atoms with Crippen LogP contribution >= 0.6 is 0 Å². The number of carboxylic acid groups (broad SMARTS) is 1. The highest BCUT2D eigenvalue weighted by Crippen LogP contribution is 2.36. The second-order valence-electron chi connectivity index (χ2n) is 5.23. The Kier molecular flexibility index (Phi) is 8.07. The summed E-state index contributed by atoms with van der Waals surface area (Å²) in [6.45, 7) is 2.41. The summed E-state index contributed by atoms with van der Waals surface area (Å²) in [7, 11) is 2.36. The molecule has 0 bridgehead atoms. The average Bonchev–Trinajstić information content (AvgIpc) is 2.61. The lowest BCUT2D eigenvalue weighted by Gasteiger charge is -2.12. The van der Waals surface area contributed by atoms with Crippen LogP contribution in [0.1, 0.15) is 31.7 Å². The molecule has 1 aromatic rings. The summed E-state index contributed by atoms with van der Waals surface area (Å²) >= 11 is 0. The van der Waals surface area contributed by atoms with Gasteiger partial charge in [0.25, 0.3) is 5.69 Å². The number of rotatable bonds is 10. The van der Waals surface area contributed by atoms with E-state index in [2.05, 4.69) is 4.74 Å². The highest BCUT2D eigenvalue weighted by Gasteiger charge is 2.23. The number of hydrogen-bond donors (Lipinski definition) is 1. The number of benzene rings is 1. The Morgan fingerprint density at radius 1 is 1.23 bits per heavy atom. The summed E-state index contributed by atoms with van der Waals surface area (Å²) in [5.74, 6) is -2.32. The molecule has 142 valence electrons. The minimum absolute atomic E-state index is 0.107. The molecule has 1 aromatic carbocycles. The Morgan fingerprint density at radius 3 is 2.42 bits per heavy atom. The summed E-state index contributed by atoms with van der Waals surface area (Å²) in [6, 6.07) is 2.40. The first-order chi connectivity index (χ1) is 12.3. The van der Waals surface area contributed by atoms with E-state index in [1.807, 2.05) is 6.92 Å². The fourth-order valence-corrected chi connectivity index (χ4v) is 2.12. The predicted molar refractivity (Wildman–Crippen MR) is 92.3 cm³/mol. The molecule has 1 N–H and O–H groups in total. The number of nitro groups is 1. The molecule has 0 aromatic heterocycles. The summed E-state index contributed by atoms with van der Waals surface area (Å²) in [5, 5.41) is 20.4. The monoisotopic (exact) mass is 367 g/mol. The minimum atomic E-state index is -1.56. The van der Waals surface area contributed by atoms with Gasteiger partial charge in [0, 0.05) is 0 Å². The van der Waals surface area contributed by atoms with Crippen LogP contribution in [0.3, 0.4) is 0 Å². The molecule has 0 amide bonds. The van der Waals surface area contributed by atoms with Crippen molar-refractivity contribution >= 4 is 23.7 Å². The Hall–Kier alpha value is -3.10. The number of esters is 1. The van der Waals surface area contributed by atoms with Crippen LogP contribution in [0.5, 0.6) is 11.5 Å². The lowest BCUT2D eigenvalue weighted by Crippen LogP contribution is -2.13. The number of ether oxygens (including phenoxy) is 3. The molecule has 0 aliphatic carbocycles. The summed E-state index contributed by atoms with van der Waals surface area (Å²) < 4.78 is 15.1. The molecule has 9 heteroatoms. The Balaban J connectivity index is 3.40. The third-order valence-corrected chi connectivity index (χ3v) is 3.45. The molecule has 0 heterocycles. The van der Waals surface area contributed by atoms with E-state index in [9.17, 15) is 19.7 Å². The van der Waals surface area contributed by atoms with Gasteiger partial charge in [0.05, 0.1) is 37.4 Å². The van der Waals surface area contributed by atoms with E-state index in [0.717, 1.165) is 38.5 Å². The number of nitro benzene ring substituents is 1. The summed E-state index contributed by atoms with van der Waals surface area (Å²) in [6.07, 6.45) is 3.61. The van der Waals surface area contributed by atoms with Crippen LogP contribution in [0, 0.1) is 10.1 Å². The van der Waals surface area contributed by atoms with E-state index in [4.69, 9.17) is 14.6 Å². The molecular weight excluding hydrogens is 346 g/mol. The highest BCUT2D eigenvalue weighted by molar-refractivity contribution is 6.17. The molecule has 9 nitrogen and oxygen atoms in total. The molecule has 1 rings (SSSR count). The molecule has 0 aliphatic rings. The minimum Gasteiger partial charge on any atom is -0.493 e. The van der Waals surface area contributed by atoms with Crippen molar-refractivity contribution in [2.75, 3.05) is 20.8 Å². The van der Waals surface area contributed by atoms with Gasteiger partial charge in [-0.15, -0.1) is 0 Å². The van der Waals surface area contributed by atoms with Crippen molar-refractivity contribution in [3.05, 3.63) is 33.4 Å². The molecule has 0 radical (unpaired) electrons. The van der Waals surface area contributed by atoms with E-state index in [1.54, 1.807) is 0 Å². The molecule has 26 heavy (non-hydrogen) atoms. The number of methoxy groups -OCH3 is 2. The molecule has 0 saturated carbocycles. The fraction of sp³-hybridized carbons (Fsp3) is 0.412. The van der Waals surface area contributed by atoms with Crippen molar-refractivity contribution in [3.8, 4) is 11.5 Å². The molecule has 0 fully saturated rings. The number of nitrogens with zero attached hydrogens (tertiary/aromatic N) is 1. The van der Waals surface area contributed by atoms with Crippen LogP contribution in [-0.4, -0.2) is 42.8 Å².